The van der Waals surface area contributed by atoms with Crippen LogP contribution < -0.4 is 0 Å². The summed E-state index contributed by atoms with van der Waals surface area (Å²) in [6.45, 7) is 2.05. The first-order valence-corrected chi connectivity index (χ1v) is 15.2. The second kappa shape index (κ2) is 14.4. The Labute approximate surface area is 223 Å². The van der Waals surface area contributed by atoms with Gasteiger partial charge in [-0.2, -0.15) is 0 Å². The number of unbranched alkanes of at least 4 members (excludes halogenated alkanes) is 4. The average Bonchev–Trinajstić information content (AvgIpc) is 2.92. The van der Waals surface area contributed by atoms with Crippen molar-refractivity contribution in [3.05, 3.63) is 59.2 Å². The molecule has 4 rings (SSSR count). The van der Waals surface area contributed by atoms with Crippen molar-refractivity contribution in [1.82, 2.24) is 0 Å². The van der Waals surface area contributed by atoms with E-state index in [0.29, 0.717) is 29.4 Å². The highest BCUT2D eigenvalue weighted by Gasteiger charge is 2.25. The summed E-state index contributed by atoms with van der Waals surface area (Å²) >= 11 is 0. The lowest BCUT2D eigenvalue weighted by atomic mass is 9.76. The molecular formula is C34H47F3. The van der Waals surface area contributed by atoms with Crippen molar-refractivity contribution in [3.63, 3.8) is 0 Å². The molecule has 2 aliphatic carbocycles. The molecule has 37 heavy (non-hydrogen) atoms. The van der Waals surface area contributed by atoms with E-state index in [9.17, 15) is 4.39 Å². The van der Waals surface area contributed by atoms with Gasteiger partial charge in [-0.25, -0.2) is 8.78 Å². The summed E-state index contributed by atoms with van der Waals surface area (Å²) in [7, 11) is 0. The predicted molar refractivity (Wildman–Crippen MR) is 150 cm³/mol. The maximum Gasteiger partial charge on any atom is 0.131 e. The summed E-state index contributed by atoms with van der Waals surface area (Å²) in [6, 6.07) is 10.9. The van der Waals surface area contributed by atoms with Crippen LogP contribution in [0.5, 0.6) is 0 Å². The SMILES string of the molecule is CCCCC[C@H]1CC[C@H](c2ccc(-c3ccc([C@H]4CC[C@H](CCCCCF)CC4)cc3F)c(F)c2)CC1. The Kier molecular flexibility index (Phi) is 11.0. The van der Waals surface area contributed by atoms with Gasteiger partial charge in [0.05, 0.1) is 6.67 Å². The van der Waals surface area contributed by atoms with Crippen molar-refractivity contribution in [2.75, 3.05) is 6.67 Å². The van der Waals surface area contributed by atoms with Gasteiger partial charge in [-0.15, -0.1) is 0 Å². The van der Waals surface area contributed by atoms with Crippen LogP contribution in [-0.4, -0.2) is 6.67 Å². The third-order valence-electron chi connectivity index (χ3n) is 9.37. The van der Waals surface area contributed by atoms with Gasteiger partial charge < -0.3 is 0 Å². The maximum atomic E-state index is 15.2. The Morgan fingerprint density at radius 1 is 0.595 bits per heavy atom. The maximum absolute atomic E-state index is 15.2. The Hall–Kier alpha value is -1.77. The molecule has 0 amide bonds. The lowest BCUT2D eigenvalue weighted by Gasteiger charge is -2.29. The minimum atomic E-state index is -0.315. The smallest absolute Gasteiger partial charge is 0.131 e. The highest BCUT2D eigenvalue weighted by atomic mass is 19.1. The van der Waals surface area contributed by atoms with E-state index in [-0.39, 0.29) is 18.3 Å². The van der Waals surface area contributed by atoms with Gasteiger partial charge in [0.2, 0.25) is 0 Å². The molecule has 2 aromatic carbocycles. The molecular weight excluding hydrogens is 465 g/mol. The van der Waals surface area contributed by atoms with E-state index in [4.69, 9.17) is 0 Å². The van der Waals surface area contributed by atoms with Crippen LogP contribution in [0.4, 0.5) is 13.2 Å². The number of alkyl halides is 1. The minimum Gasteiger partial charge on any atom is -0.251 e. The number of rotatable bonds is 12. The van der Waals surface area contributed by atoms with Crippen LogP contribution in [0.25, 0.3) is 11.1 Å². The molecule has 0 aliphatic heterocycles. The molecule has 0 N–H and O–H groups in total. The largest absolute Gasteiger partial charge is 0.251 e. The number of hydrogen-bond acceptors (Lipinski definition) is 0. The van der Waals surface area contributed by atoms with Crippen molar-refractivity contribution in [1.29, 1.82) is 0 Å². The first kappa shape index (κ1) is 28.2. The molecule has 204 valence electrons. The lowest BCUT2D eigenvalue weighted by Crippen LogP contribution is -2.14. The van der Waals surface area contributed by atoms with Gasteiger partial charge in [0, 0.05) is 11.1 Å². The molecule has 2 saturated carbocycles. The topological polar surface area (TPSA) is 0 Å². The standard InChI is InChI=1S/C34H47F3/c1-2-3-5-8-25-10-14-27(15-11-25)29-18-20-31(33(36)23-29)32-21-19-30(24-34(32)37)28-16-12-26(13-17-28)9-6-4-7-22-35/h18-21,23-28H,2-17,22H2,1H3/t25-,26-,27-,28-. The van der Waals surface area contributed by atoms with Crippen LogP contribution in [0.15, 0.2) is 36.4 Å². The zero-order valence-corrected chi connectivity index (χ0v) is 22.9. The molecule has 0 nitrogen and oxygen atoms in total. The number of benzene rings is 2. The van der Waals surface area contributed by atoms with Crippen LogP contribution in [0.1, 0.15) is 133 Å². The van der Waals surface area contributed by atoms with Crippen molar-refractivity contribution >= 4 is 0 Å². The minimum absolute atomic E-state index is 0.206. The molecule has 0 unspecified atom stereocenters. The molecule has 2 aromatic rings. The molecule has 0 radical (unpaired) electrons. The second-order valence-corrected chi connectivity index (χ2v) is 11.9. The monoisotopic (exact) mass is 512 g/mol. The summed E-state index contributed by atoms with van der Waals surface area (Å²) in [5.41, 5.74) is 2.86. The molecule has 0 atom stereocenters. The summed E-state index contributed by atoms with van der Waals surface area (Å²) in [5, 5.41) is 0. The molecule has 0 bridgehead atoms. The van der Waals surface area contributed by atoms with Crippen molar-refractivity contribution in [3.8, 4) is 11.1 Å². The quantitative estimate of drug-likeness (QED) is 0.248. The van der Waals surface area contributed by atoms with E-state index in [1.165, 1.54) is 57.8 Å². The summed E-state index contributed by atoms with van der Waals surface area (Å²) in [6.07, 6.45) is 18.5. The predicted octanol–water partition coefficient (Wildman–Crippen LogP) is 11.3. The number of halogens is 3. The fourth-order valence-electron chi connectivity index (χ4n) is 6.96. The van der Waals surface area contributed by atoms with Gasteiger partial charge in [0.1, 0.15) is 11.6 Å². The van der Waals surface area contributed by atoms with Gasteiger partial charge in [0.15, 0.2) is 0 Å². The molecule has 0 heterocycles. The van der Waals surface area contributed by atoms with E-state index in [2.05, 4.69) is 6.92 Å². The Bertz CT molecular complexity index is 952. The Morgan fingerprint density at radius 3 is 1.46 bits per heavy atom. The van der Waals surface area contributed by atoms with Crippen LogP contribution in [0.2, 0.25) is 0 Å². The molecule has 0 saturated heterocycles. The molecule has 3 heteroatoms. The Balaban J connectivity index is 1.32. The van der Waals surface area contributed by atoms with Gasteiger partial charge in [-0.1, -0.05) is 76.1 Å². The second-order valence-electron chi connectivity index (χ2n) is 11.9. The zero-order chi connectivity index (χ0) is 26.0. The zero-order valence-electron chi connectivity index (χ0n) is 22.9. The number of hydrogen-bond donors (Lipinski definition) is 0. The molecule has 2 aliphatic rings. The van der Waals surface area contributed by atoms with Gasteiger partial charge in [-0.05, 0) is 105 Å². The molecule has 2 fully saturated rings. The summed E-state index contributed by atoms with van der Waals surface area (Å²) in [4.78, 5) is 0. The molecule has 0 spiro atoms. The van der Waals surface area contributed by atoms with Crippen molar-refractivity contribution in [2.45, 2.75) is 121 Å². The van der Waals surface area contributed by atoms with E-state index < -0.39 is 0 Å². The van der Waals surface area contributed by atoms with Crippen LogP contribution >= 0.6 is 0 Å². The van der Waals surface area contributed by atoms with Crippen molar-refractivity contribution in [2.24, 2.45) is 11.8 Å². The molecule has 0 aromatic heterocycles. The lowest BCUT2D eigenvalue weighted by molar-refractivity contribution is 0.300. The summed E-state index contributed by atoms with van der Waals surface area (Å²) in [5.74, 6) is 1.75. The van der Waals surface area contributed by atoms with E-state index in [0.717, 1.165) is 61.5 Å². The normalized spacial score (nSPS) is 24.3. The van der Waals surface area contributed by atoms with Crippen LogP contribution in [0.3, 0.4) is 0 Å². The fraction of sp³-hybridized carbons (Fsp3) is 0.647. The highest BCUT2D eigenvalue weighted by Crippen LogP contribution is 2.41. The van der Waals surface area contributed by atoms with Gasteiger partial charge in [0.25, 0.3) is 0 Å². The van der Waals surface area contributed by atoms with E-state index >= 15 is 8.78 Å². The summed E-state index contributed by atoms with van der Waals surface area (Å²) < 4.78 is 42.7. The van der Waals surface area contributed by atoms with E-state index in [1.54, 1.807) is 24.3 Å². The highest BCUT2D eigenvalue weighted by molar-refractivity contribution is 5.66. The first-order chi connectivity index (χ1) is 18.1. The third kappa shape index (κ3) is 7.87. The average molecular weight is 513 g/mol. The van der Waals surface area contributed by atoms with Crippen molar-refractivity contribution < 1.29 is 13.2 Å². The third-order valence-corrected chi connectivity index (χ3v) is 9.37. The fourth-order valence-corrected chi connectivity index (χ4v) is 6.96. The van der Waals surface area contributed by atoms with Gasteiger partial charge >= 0.3 is 0 Å². The van der Waals surface area contributed by atoms with Crippen LogP contribution in [0, 0.1) is 23.5 Å². The Morgan fingerprint density at radius 2 is 1.05 bits per heavy atom. The first-order valence-electron chi connectivity index (χ1n) is 15.2. The van der Waals surface area contributed by atoms with Gasteiger partial charge in [-0.3, -0.25) is 4.39 Å². The van der Waals surface area contributed by atoms with Crippen LogP contribution in [-0.2, 0) is 0 Å². The van der Waals surface area contributed by atoms with E-state index in [1.807, 2.05) is 12.1 Å².